The van der Waals surface area contributed by atoms with Crippen LogP contribution in [0.4, 0.5) is 0 Å². The fourth-order valence-corrected chi connectivity index (χ4v) is 0.893. The Morgan fingerprint density at radius 2 is 1.91 bits per heavy atom. The summed E-state index contributed by atoms with van der Waals surface area (Å²) in [5.74, 6) is 0. The summed E-state index contributed by atoms with van der Waals surface area (Å²) in [6.07, 6.45) is 2.71. The maximum absolute atomic E-state index is 8.91. The van der Waals surface area contributed by atoms with Crippen LogP contribution in [0.1, 0.15) is 26.2 Å². The van der Waals surface area contributed by atoms with Gasteiger partial charge in [0.15, 0.2) is 0 Å². The van der Waals surface area contributed by atoms with Crippen LogP contribution in [-0.4, -0.2) is 35.7 Å². The van der Waals surface area contributed by atoms with Crippen molar-refractivity contribution in [1.29, 1.82) is 0 Å². The van der Waals surface area contributed by atoms with Gasteiger partial charge < -0.3 is 10.2 Å². The largest absolute Gasteiger partial charge is 0.394 e. The van der Waals surface area contributed by atoms with Gasteiger partial charge in [0, 0.05) is 0 Å². The predicted octanol–water partition coefficient (Wildman–Crippen LogP) is 0.601. The minimum Gasteiger partial charge on any atom is -0.394 e. The van der Waals surface area contributed by atoms with Crippen LogP contribution in [0.15, 0.2) is 4.99 Å². The summed E-state index contributed by atoms with van der Waals surface area (Å²) < 4.78 is 0. The predicted molar refractivity (Wildman–Crippen MR) is 46.0 cm³/mol. The number of aliphatic hydroxyl groups is 2. The third-order valence-corrected chi connectivity index (χ3v) is 1.92. The fourth-order valence-electron chi connectivity index (χ4n) is 0.893. The summed E-state index contributed by atoms with van der Waals surface area (Å²) in [4.78, 5) is 3.74. The van der Waals surface area contributed by atoms with E-state index < -0.39 is 5.54 Å². The zero-order chi connectivity index (χ0) is 8.74. The highest BCUT2D eigenvalue weighted by molar-refractivity contribution is 5.26. The maximum Gasteiger partial charge on any atom is 0.106 e. The minimum atomic E-state index is -0.698. The second-order valence-electron chi connectivity index (χ2n) is 2.80. The number of nitrogens with zero attached hydrogens (tertiary/aromatic N) is 1. The minimum absolute atomic E-state index is 0.118. The van der Waals surface area contributed by atoms with Gasteiger partial charge in [0.1, 0.15) is 5.54 Å². The molecule has 66 valence electrons. The molecule has 3 heteroatoms. The number of hydrogen-bond donors (Lipinski definition) is 2. The average Bonchev–Trinajstić information content (AvgIpc) is 2.08. The first-order valence-corrected chi connectivity index (χ1v) is 3.94. The molecule has 0 fully saturated rings. The van der Waals surface area contributed by atoms with Crippen molar-refractivity contribution in [2.24, 2.45) is 4.99 Å². The number of rotatable bonds is 6. The lowest BCUT2D eigenvalue weighted by molar-refractivity contribution is 0.115. The number of hydrogen-bond acceptors (Lipinski definition) is 3. The molecule has 0 spiro atoms. The molecule has 0 saturated heterocycles. The van der Waals surface area contributed by atoms with E-state index in [1.165, 1.54) is 0 Å². The fraction of sp³-hybridized carbons (Fsp3) is 0.875. The molecule has 0 radical (unpaired) electrons. The highest BCUT2D eigenvalue weighted by atomic mass is 16.3. The smallest absolute Gasteiger partial charge is 0.106 e. The highest BCUT2D eigenvalue weighted by Gasteiger charge is 2.25. The van der Waals surface area contributed by atoms with Crippen LogP contribution in [0, 0.1) is 0 Å². The van der Waals surface area contributed by atoms with Crippen molar-refractivity contribution >= 4 is 6.72 Å². The molecule has 0 heterocycles. The van der Waals surface area contributed by atoms with E-state index >= 15 is 0 Å². The molecule has 3 nitrogen and oxygen atoms in total. The third-order valence-electron chi connectivity index (χ3n) is 1.92. The summed E-state index contributed by atoms with van der Waals surface area (Å²) >= 11 is 0. The van der Waals surface area contributed by atoms with Gasteiger partial charge in [-0.3, -0.25) is 4.99 Å². The second kappa shape index (κ2) is 5.27. The van der Waals surface area contributed by atoms with Crippen molar-refractivity contribution in [2.75, 3.05) is 13.2 Å². The van der Waals surface area contributed by atoms with Crippen molar-refractivity contribution in [3.63, 3.8) is 0 Å². The van der Waals surface area contributed by atoms with Crippen LogP contribution in [0.25, 0.3) is 0 Å². The standard InChI is InChI=1S/C8H17NO2/c1-3-4-5-8(6-10,7-11)9-2/h10-11H,2-7H2,1H3. The van der Waals surface area contributed by atoms with Crippen molar-refractivity contribution in [2.45, 2.75) is 31.7 Å². The molecule has 2 N–H and O–H groups in total. The van der Waals surface area contributed by atoms with Gasteiger partial charge in [-0.25, -0.2) is 0 Å². The van der Waals surface area contributed by atoms with E-state index in [1.807, 2.05) is 0 Å². The zero-order valence-corrected chi connectivity index (χ0v) is 7.08. The molecule has 0 aromatic rings. The summed E-state index contributed by atoms with van der Waals surface area (Å²) in [5, 5.41) is 17.8. The molecule has 0 aromatic carbocycles. The quantitative estimate of drug-likeness (QED) is 0.558. The Morgan fingerprint density at radius 1 is 1.36 bits per heavy atom. The average molecular weight is 159 g/mol. The highest BCUT2D eigenvalue weighted by Crippen LogP contribution is 2.17. The molecule has 0 aliphatic heterocycles. The van der Waals surface area contributed by atoms with E-state index in [4.69, 9.17) is 10.2 Å². The summed E-state index contributed by atoms with van der Waals surface area (Å²) in [5.41, 5.74) is -0.698. The topological polar surface area (TPSA) is 52.8 Å². The van der Waals surface area contributed by atoms with Crippen molar-refractivity contribution in [1.82, 2.24) is 0 Å². The summed E-state index contributed by atoms with van der Waals surface area (Å²) in [6, 6.07) is 0. The molecule has 0 aliphatic rings. The van der Waals surface area contributed by atoms with Crippen LogP contribution in [0.3, 0.4) is 0 Å². The van der Waals surface area contributed by atoms with Gasteiger partial charge in [-0.2, -0.15) is 0 Å². The summed E-state index contributed by atoms with van der Waals surface area (Å²) in [6.45, 7) is 5.18. The molecule has 0 atom stereocenters. The summed E-state index contributed by atoms with van der Waals surface area (Å²) in [7, 11) is 0. The second-order valence-corrected chi connectivity index (χ2v) is 2.80. The lowest BCUT2D eigenvalue weighted by atomic mass is 9.95. The molecule has 0 aliphatic carbocycles. The van der Waals surface area contributed by atoms with E-state index in [0.717, 1.165) is 12.8 Å². The molecule has 0 rings (SSSR count). The first kappa shape index (κ1) is 10.6. The number of unbranched alkanes of at least 4 members (excludes halogenated alkanes) is 1. The molecule has 0 unspecified atom stereocenters. The maximum atomic E-state index is 8.91. The molecule has 11 heavy (non-hydrogen) atoms. The molecule has 0 aromatic heterocycles. The van der Waals surface area contributed by atoms with Gasteiger partial charge in [0.05, 0.1) is 13.2 Å². The Labute approximate surface area is 67.8 Å². The molecule has 0 saturated carbocycles. The van der Waals surface area contributed by atoms with Gasteiger partial charge in [0.2, 0.25) is 0 Å². The van der Waals surface area contributed by atoms with Crippen LogP contribution in [0.5, 0.6) is 0 Å². The van der Waals surface area contributed by atoms with E-state index in [9.17, 15) is 0 Å². The van der Waals surface area contributed by atoms with Gasteiger partial charge in [-0.05, 0) is 13.1 Å². The molecule has 0 amide bonds. The zero-order valence-electron chi connectivity index (χ0n) is 7.08. The van der Waals surface area contributed by atoms with Crippen molar-refractivity contribution in [3.05, 3.63) is 0 Å². The number of aliphatic hydroxyl groups excluding tert-OH is 2. The Hall–Kier alpha value is -0.410. The first-order valence-electron chi connectivity index (χ1n) is 3.94. The van der Waals surface area contributed by atoms with Gasteiger partial charge in [0.25, 0.3) is 0 Å². The van der Waals surface area contributed by atoms with Gasteiger partial charge >= 0.3 is 0 Å². The van der Waals surface area contributed by atoms with Crippen LogP contribution < -0.4 is 0 Å². The van der Waals surface area contributed by atoms with E-state index in [0.29, 0.717) is 6.42 Å². The SMILES string of the molecule is C=NC(CO)(CO)CCCC. The Kier molecular flexibility index (Phi) is 5.07. The van der Waals surface area contributed by atoms with Crippen LogP contribution >= 0.6 is 0 Å². The third kappa shape index (κ3) is 2.99. The Balaban J connectivity index is 3.94. The van der Waals surface area contributed by atoms with E-state index in [1.54, 1.807) is 0 Å². The van der Waals surface area contributed by atoms with Gasteiger partial charge in [-0.15, -0.1) is 0 Å². The van der Waals surface area contributed by atoms with Crippen molar-refractivity contribution in [3.8, 4) is 0 Å². The monoisotopic (exact) mass is 159 g/mol. The Bertz CT molecular complexity index is 111. The van der Waals surface area contributed by atoms with Crippen molar-refractivity contribution < 1.29 is 10.2 Å². The van der Waals surface area contributed by atoms with Crippen LogP contribution in [0.2, 0.25) is 0 Å². The van der Waals surface area contributed by atoms with E-state index in [-0.39, 0.29) is 13.2 Å². The Morgan fingerprint density at radius 3 is 2.18 bits per heavy atom. The van der Waals surface area contributed by atoms with E-state index in [2.05, 4.69) is 18.6 Å². The van der Waals surface area contributed by atoms with Crippen LogP contribution in [-0.2, 0) is 0 Å². The lowest BCUT2D eigenvalue weighted by Gasteiger charge is -2.24. The molecular formula is C8H17NO2. The normalized spacial score (nSPS) is 11.5. The van der Waals surface area contributed by atoms with Gasteiger partial charge in [-0.1, -0.05) is 19.8 Å². The molecule has 0 bridgehead atoms. The number of aliphatic imine (C=N–C) groups is 1. The first-order chi connectivity index (χ1) is 5.24. The lowest BCUT2D eigenvalue weighted by Crippen LogP contribution is -2.35. The molecular weight excluding hydrogens is 142 g/mol.